The topological polar surface area (TPSA) is 65.3 Å². The lowest BCUT2D eigenvalue weighted by Crippen LogP contribution is -2.22. The number of ether oxygens (including phenoxy) is 1. The van der Waals surface area contributed by atoms with Gasteiger partial charge in [-0.25, -0.2) is 0 Å². The average Bonchev–Trinajstić information content (AvgIpc) is 2.45. The fourth-order valence-electron chi connectivity index (χ4n) is 1.87. The van der Waals surface area contributed by atoms with Crippen LogP contribution in [0.3, 0.4) is 0 Å². The smallest absolute Gasteiger partial charge is 0.174 e. The second kappa shape index (κ2) is 9.37. The first-order chi connectivity index (χ1) is 9.30. The Balaban J connectivity index is 2.31. The molecule has 0 amide bonds. The number of rotatable bonds is 9. The van der Waals surface area contributed by atoms with Crippen molar-refractivity contribution in [3.8, 4) is 11.8 Å². The summed E-state index contributed by atoms with van der Waals surface area (Å²) in [5.74, 6) is 1.25. The molecule has 0 bridgehead atoms. The van der Waals surface area contributed by atoms with Gasteiger partial charge in [-0.2, -0.15) is 5.26 Å². The van der Waals surface area contributed by atoms with E-state index >= 15 is 0 Å². The Morgan fingerprint density at radius 2 is 2.11 bits per heavy atom. The molecule has 0 saturated carbocycles. The lowest BCUT2D eigenvalue weighted by atomic mass is 10.0. The number of nitrogens with one attached hydrogen (secondary N) is 1. The predicted octanol–water partition coefficient (Wildman–Crippen LogP) is 2.09. The zero-order valence-corrected chi connectivity index (χ0v) is 11.4. The van der Waals surface area contributed by atoms with Gasteiger partial charge in [0.25, 0.3) is 0 Å². The van der Waals surface area contributed by atoms with Crippen LogP contribution in [0.4, 0.5) is 0 Å². The summed E-state index contributed by atoms with van der Waals surface area (Å²) in [7, 11) is 0. The minimum Gasteiger partial charge on any atom is -0.479 e. The summed E-state index contributed by atoms with van der Waals surface area (Å²) in [5.41, 5.74) is 1.18. The summed E-state index contributed by atoms with van der Waals surface area (Å²) in [6.45, 7) is 4.20. The van der Waals surface area contributed by atoms with Gasteiger partial charge in [0.15, 0.2) is 6.61 Å². The van der Waals surface area contributed by atoms with Crippen LogP contribution in [-0.4, -0.2) is 24.9 Å². The molecule has 19 heavy (non-hydrogen) atoms. The van der Waals surface area contributed by atoms with E-state index in [0.29, 0.717) is 5.92 Å². The number of benzene rings is 1. The standard InChI is InChI=1S/C15H22N2O2/c1-2-13(7-9-18)11-17-12-14-3-5-15(6-4-14)19-10-8-16/h3-6,13,17-18H,2,7,9-12H2,1H3. The molecule has 0 aliphatic rings. The number of aliphatic hydroxyl groups is 1. The number of nitriles is 1. The van der Waals surface area contributed by atoms with Gasteiger partial charge in [0, 0.05) is 13.2 Å². The van der Waals surface area contributed by atoms with E-state index in [1.54, 1.807) is 0 Å². The summed E-state index contributed by atoms with van der Waals surface area (Å²) in [4.78, 5) is 0. The first-order valence-electron chi connectivity index (χ1n) is 6.70. The highest BCUT2D eigenvalue weighted by atomic mass is 16.5. The summed E-state index contributed by atoms with van der Waals surface area (Å²) in [6, 6.07) is 9.68. The second-order valence-corrected chi connectivity index (χ2v) is 4.51. The summed E-state index contributed by atoms with van der Waals surface area (Å²) in [5, 5.41) is 20.7. The third-order valence-electron chi connectivity index (χ3n) is 3.10. The molecule has 1 aromatic rings. The first kappa shape index (κ1) is 15.5. The van der Waals surface area contributed by atoms with Crippen molar-refractivity contribution in [3.63, 3.8) is 0 Å². The van der Waals surface area contributed by atoms with Gasteiger partial charge in [0.05, 0.1) is 0 Å². The predicted molar refractivity (Wildman–Crippen MR) is 74.7 cm³/mol. The van der Waals surface area contributed by atoms with Crippen molar-refractivity contribution in [2.75, 3.05) is 19.8 Å². The third-order valence-corrected chi connectivity index (χ3v) is 3.10. The summed E-state index contributed by atoms with van der Waals surface area (Å²) < 4.78 is 5.19. The number of hydrogen-bond donors (Lipinski definition) is 2. The van der Waals surface area contributed by atoms with Gasteiger partial charge in [-0.05, 0) is 36.6 Å². The summed E-state index contributed by atoms with van der Waals surface area (Å²) in [6.07, 6.45) is 1.93. The van der Waals surface area contributed by atoms with Crippen LogP contribution < -0.4 is 10.1 Å². The van der Waals surface area contributed by atoms with E-state index in [-0.39, 0.29) is 13.2 Å². The van der Waals surface area contributed by atoms with E-state index in [1.807, 2.05) is 30.3 Å². The second-order valence-electron chi connectivity index (χ2n) is 4.51. The van der Waals surface area contributed by atoms with Gasteiger partial charge in [0.1, 0.15) is 11.8 Å². The van der Waals surface area contributed by atoms with E-state index in [4.69, 9.17) is 15.1 Å². The van der Waals surface area contributed by atoms with Crippen LogP contribution in [0.1, 0.15) is 25.3 Å². The maximum absolute atomic E-state index is 8.92. The normalized spacial score (nSPS) is 11.8. The van der Waals surface area contributed by atoms with Crippen molar-refractivity contribution in [3.05, 3.63) is 29.8 Å². The molecular weight excluding hydrogens is 240 g/mol. The van der Waals surface area contributed by atoms with Gasteiger partial charge in [-0.15, -0.1) is 0 Å². The van der Waals surface area contributed by atoms with Crippen molar-refractivity contribution >= 4 is 0 Å². The molecule has 0 fully saturated rings. The van der Waals surface area contributed by atoms with Gasteiger partial charge in [-0.3, -0.25) is 0 Å². The largest absolute Gasteiger partial charge is 0.479 e. The Kier molecular flexibility index (Phi) is 7.64. The monoisotopic (exact) mass is 262 g/mol. The molecule has 0 spiro atoms. The molecule has 0 aliphatic heterocycles. The molecule has 104 valence electrons. The van der Waals surface area contributed by atoms with Crippen LogP contribution in [0.25, 0.3) is 0 Å². The molecule has 0 heterocycles. The van der Waals surface area contributed by atoms with Crippen LogP contribution in [0, 0.1) is 17.2 Å². The highest BCUT2D eigenvalue weighted by molar-refractivity contribution is 5.27. The van der Waals surface area contributed by atoms with Crippen molar-refractivity contribution in [2.24, 2.45) is 5.92 Å². The van der Waals surface area contributed by atoms with E-state index in [2.05, 4.69) is 12.2 Å². The van der Waals surface area contributed by atoms with Gasteiger partial charge in [-0.1, -0.05) is 25.5 Å². The molecule has 0 radical (unpaired) electrons. The zero-order chi connectivity index (χ0) is 13.9. The molecule has 0 aliphatic carbocycles. The van der Waals surface area contributed by atoms with Gasteiger partial charge in [0.2, 0.25) is 0 Å². The maximum atomic E-state index is 8.92. The zero-order valence-electron chi connectivity index (χ0n) is 11.4. The fraction of sp³-hybridized carbons (Fsp3) is 0.533. The molecular formula is C15H22N2O2. The van der Waals surface area contributed by atoms with Crippen LogP contribution in [0.15, 0.2) is 24.3 Å². The Hall–Kier alpha value is -1.57. The Morgan fingerprint density at radius 3 is 2.68 bits per heavy atom. The van der Waals surface area contributed by atoms with Crippen LogP contribution >= 0.6 is 0 Å². The number of nitrogens with zero attached hydrogens (tertiary/aromatic N) is 1. The molecule has 1 unspecified atom stereocenters. The molecule has 1 atom stereocenters. The quantitative estimate of drug-likeness (QED) is 0.715. The van der Waals surface area contributed by atoms with Crippen LogP contribution in [-0.2, 0) is 6.54 Å². The summed E-state index contributed by atoms with van der Waals surface area (Å²) >= 11 is 0. The minimum absolute atomic E-state index is 0.0803. The third kappa shape index (κ3) is 6.23. The van der Waals surface area contributed by atoms with E-state index in [0.717, 1.165) is 31.7 Å². The highest BCUT2D eigenvalue weighted by Gasteiger charge is 2.04. The Bertz CT molecular complexity index is 384. The lowest BCUT2D eigenvalue weighted by molar-refractivity contribution is 0.251. The average molecular weight is 262 g/mol. The first-order valence-corrected chi connectivity index (χ1v) is 6.70. The van der Waals surface area contributed by atoms with Crippen molar-refractivity contribution in [2.45, 2.75) is 26.3 Å². The number of aliphatic hydroxyl groups excluding tert-OH is 1. The highest BCUT2D eigenvalue weighted by Crippen LogP contribution is 2.12. The Morgan fingerprint density at radius 1 is 1.37 bits per heavy atom. The number of hydrogen-bond acceptors (Lipinski definition) is 4. The minimum atomic E-state index is 0.0803. The van der Waals surface area contributed by atoms with E-state index in [1.165, 1.54) is 5.56 Å². The van der Waals surface area contributed by atoms with Gasteiger partial charge < -0.3 is 15.2 Å². The van der Waals surface area contributed by atoms with Crippen molar-refractivity contribution < 1.29 is 9.84 Å². The van der Waals surface area contributed by atoms with E-state index < -0.39 is 0 Å². The maximum Gasteiger partial charge on any atom is 0.174 e. The van der Waals surface area contributed by atoms with E-state index in [9.17, 15) is 0 Å². The van der Waals surface area contributed by atoms with Crippen molar-refractivity contribution in [1.29, 1.82) is 5.26 Å². The van der Waals surface area contributed by atoms with Crippen LogP contribution in [0.5, 0.6) is 5.75 Å². The molecule has 0 aromatic heterocycles. The Labute approximate surface area is 115 Å². The molecule has 1 aromatic carbocycles. The molecule has 1 rings (SSSR count). The molecule has 0 saturated heterocycles. The molecule has 2 N–H and O–H groups in total. The van der Waals surface area contributed by atoms with Crippen molar-refractivity contribution in [1.82, 2.24) is 5.32 Å². The van der Waals surface area contributed by atoms with Crippen LogP contribution in [0.2, 0.25) is 0 Å². The molecule has 4 heteroatoms. The SMILES string of the molecule is CCC(CCO)CNCc1ccc(OCC#N)cc1. The van der Waals surface area contributed by atoms with Gasteiger partial charge >= 0.3 is 0 Å². The molecule has 4 nitrogen and oxygen atoms in total. The fourth-order valence-corrected chi connectivity index (χ4v) is 1.87. The lowest BCUT2D eigenvalue weighted by Gasteiger charge is -2.14.